The summed E-state index contributed by atoms with van der Waals surface area (Å²) in [6, 6.07) is 3.85. The number of aliphatic carboxylic acids is 1. The second kappa shape index (κ2) is 7.32. The van der Waals surface area contributed by atoms with Gasteiger partial charge in [0.2, 0.25) is 0 Å². The second-order valence-electron chi connectivity index (χ2n) is 3.86. The van der Waals surface area contributed by atoms with Crippen LogP contribution in [0.15, 0.2) is 24.3 Å². The summed E-state index contributed by atoms with van der Waals surface area (Å²) >= 11 is 0. The van der Waals surface area contributed by atoms with Crippen LogP contribution in [0.5, 0.6) is 0 Å². The SMILES string of the molecule is O=C(NCc1cccc(F)c1)NC(CCO)C(=O)O. The lowest BCUT2D eigenvalue weighted by molar-refractivity contribution is -0.139. The van der Waals surface area contributed by atoms with Crippen molar-refractivity contribution in [3.63, 3.8) is 0 Å². The Morgan fingerprint density at radius 3 is 2.68 bits per heavy atom. The van der Waals surface area contributed by atoms with Gasteiger partial charge in [-0.15, -0.1) is 0 Å². The zero-order chi connectivity index (χ0) is 14.3. The van der Waals surface area contributed by atoms with Crippen molar-refractivity contribution in [3.05, 3.63) is 35.6 Å². The number of carboxylic acids is 1. The van der Waals surface area contributed by atoms with Gasteiger partial charge in [0.25, 0.3) is 0 Å². The highest BCUT2D eigenvalue weighted by molar-refractivity contribution is 5.82. The summed E-state index contributed by atoms with van der Waals surface area (Å²) in [4.78, 5) is 22.2. The molecule has 6 nitrogen and oxygen atoms in total. The number of benzene rings is 1. The number of carboxylic acid groups (broad SMARTS) is 1. The van der Waals surface area contributed by atoms with Crippen molar-refractivity contribution < 1.29 is 24.2 Å². The topological polar surface area (TPSA) is 98.7 Å². The molecule has 2 amide bonds. The molecule has 104 valence electrons. The monoisotopic (exact) mass is 270 g/mol. The number of hydrogen-bond acceptors (Lipinski definition) is 3. The van der Waals surface area contributed by atoms with E-state index in [1.165, 1.54) is 18.2 Å². The fourth-order valence-corrected chi connectivity index (χ4v) is 1.43. The maximum absolute atomic E-state index is 12.9. The highest BCUT2D eigenvalue weighted by Crippen LogP contribution is 2.02. The molecule has 0 saturated heterocycles. The molecule has 0 aliphatic heterocycles. The number of nitrogens with one attached hydrogen (secondary N) is 2. The molecule has 0 aliphatic rings. The van der Waals surface area contributed by atoms with Gasteiger partial charge in [-0.2, -0.15) is 0 Å². The Labute approximate surface area is 109 Å². The molecule has 0 radical (unpaired) electrons. The van der Waals surface area contributed by atoms with Crippen LogP contribution in [0, 0.1) is 5.82 Å². The first-order valence-electron chi connectivity index (χ1n) is 5.65. The van der Waals surface area contributed by atoms with Crippen molar-refractivity contribution in [2.75, 3.05) is 6.61 Å². The molecule has 1 aromatic carbocycles. The highest BCUT2D eigenvalue weighted by Gasteiger charge is 2.18. The number of hydrogen-bond donors (Lipinski definition) is 4. The molecule has 1 atom stereocenters. The maximum Gasteiger partial charge on any atom is 0.326 e. The number of rotatable bonds is 6. The van der Waals surface area contributed by atoms with Crippen LogP contribution < -0.4 is 10.6 Å². The largest absolute Gasteiger partial charge is 0.480 e. The predicted octanol–water partition coefficient (Wildman–Crippen LogP) is 0.460. The molecule has 0 heterocycles. The molecule has 0 spiro atoms. The summed E-state index contributed by atoms with van der Waals surface area (Å²) < 4.78 is 12.9. The highest BCUT2D eigenvalue weighted by atomic mass is 19.1. The number of amides is 2. The van der Waals surface area contributed by atoms with Gasteiger partial charge in [0, 0.05) is 19.6 Å². The Kier molecular flexibility index (Phi) is 5.74. The van der Waals surface area contributed by atoms with Crippen molar-refractivity contribution in [1.29, 1.82) is 0 Å². The van der Waals surface area contributed by atoms with Crippen molar-refractivity contribution in [2.24, 2.45) is 0 Å². The van der Waals surface area contributed by atoms with E-state index in [2.05, 4.69) is 10.6 Å². The van der Waals surface area contributed by atoms with E-state index in [0.717, 1.165) is 0 Å². The van der Waals surface area contributed by atoms with Gasteiger partial charge in [-0.05, 0) is 17.7 Å². The van der Waals surface area contributed by atoms with Gasteiger partial charge in [0.1, 0.15) is 11.9 Å². The fraction of sp³-hybridized carbons (Fsp3) is 0.333. The van der Waals surface area contributed by atoms with Gasteiger partial charge in [-0.3, -0.25) is 0 Å². The lowest BCUT2D eigenvalue weighted by atomic mass is 10.2. The van der Waals surface area contributed by atoms with E-state index < -0.39 is 23.9 Å². The smallest absolute Gasteiger partial charge is 0.326 e. The Morgan fingerprint density at radius 1 is 1.37 bits per heavy atom. The minimum Gasteiger partial charge on any atom is -0.480 e. The third-order valence-corrected chi connectivity index (χ3v) is 2.36. The van der Waals surface area contributed by atoms with Crippen LogP contribution in [0.4, 0.5) is 9.18 Å². The zero-order valence-electron chi connectivity index (χ0n) is 10.1. The Balaban J connectivity index is 2.44. The van der Waals surface area contributed by atoms with Gasteiger partial charge in [0.05, 0.1) is 0 Å². The number of aliphatic hydroxyl groups excluding tert-OH is 1. The molecule has 1 unspecified atom stereocenters. The van der Waals surface area contributed by atoms with Gasteiger partial charge in [-0.25, -0.2) is 14.0 Å². The van der Waals surface area contributed by atoms with E-state index in [9.17, 15) is 14.0 Å². The number of aliphatic hydroxyl groups is 1. The Hall–Kier alpha value is -2.15. The third kappa shape index (κ3) is 5.35. The second-order valence-corrected chi connectivity index (χ2v) is 3.86. The molecule has 0 aromatic heterocycles. The van der Waals surface area contributed by atoms with E-state index in [-0.39, 0.29) is 19.6 Å². The van der Waals surface area contributed by atoms with Crippen LogP contribution in [0.2, 0.25) is 0 Å². The summed E-state index contributed by atoms with van der Waals surface area (Å²) in [6.07, 6.45) is -0.0806. The van der Waals surface area contributed by atoms with Gasteiger partial charge in [-0.1, -0.05) is 12.1 Å². The minimum atomic E-state index is -1.23. The quantitative estimate of drug-likeness (QED) is 0.603. The van der Waals surface area contributed by atoms with E-state index in [1.807, 2.05) is 0 Å². The summed E-state index contributed by atoms with van der Waals surface area (Å²) in [5.74, 6) is -1.64. The standard InChI is InChI=1S/C12H15FN2O4/c13-9-3-1-2-8(6-9)7-14-12(19)15-10(4-5-16)11(17)18/h1-3,6,10,16H,4-5,7H2,(H,17,18)(H2,14,15,19). The zero-order valence-corrected chi connectivity index (χ0v) is 10.1. The van der Waals surface area contributed by atoms with Gasteiger partial charge in [0.15, 0.2) is 0 Å². The molecular formula is C12H15FN2O4. The van der Waals surface area contributed by atoms with Crippen molar-refractivity contribution in [1.82, 2.24) is 10.6 Å². The van der Waals surface area contributed by atoms with Crippen LogP contribution >= 0.6 is 0 Å². The van der Waals surface area contributed by atoms with Crippen molar-refractivity contribution in [3.8, 4) is 0 Å². The molecule has 1 rings (SSSR count). The van der Waals surface area contributed by atoms with Gasteiger partial charge >= 0.3 is 12.0 Å². The fourth-order valence-electron chi connectivity index (χ4n) is 1.43. The molecule has 7 heteroatoms. The normalized spacial score (nSPS) is 11.7. The first-order valence-corrected chi connectivity index (χ1v) is 5.65. The average molecular weight is 270 g/mol. The molecule has 0 aliphatic carbocycles. The first kappa shape index (κ1) is 14.9. The molecule has 1 aromatic rings. The lowest BCUT2D eigenvalue weighted by Crippen LogP contribution is -2.46. The molecule has 0 fully saturated rings. The average Bonchev–Trinajstić information content (AvgIpc) is 2.36. The predicted molar refractivity (Wildman–Crippen MR) is 64.9 cm³/mol. The molecular weight excluding hydrogens is 255 g/mol. The van der Waals surface area contributed by atoms with E-state index in [1.54, 1.807) is 6.07 Å². The van der Waals surface area contributed by atoms with E-state index >= 15 is 0 Å². The van der Waals surface area contributed by atoms with Crippen LogP contribution in [-0.4, -0.2) is 34.9 Å². The summed E-state index contributed by atoms with van der Waals surface area (Å²) in [5, 5.41) is 22.0. The summed E-state index contributed by atoms with van der Waals surface area (Å²) in [5.41, 5.74) is 0.559. The Morgan fingerprint density at radius 2 is 2.11 bits per heavy atom. The molecule has 19 heavy (non-hydrogen) atoms. The molecule has 4 N–H and O–H groups in total. The Bertz CT molecular complexity index is 453. The van der Waals surface area contributed by atoms with E-state index in [0.29, 0.717) is 5.56 Å². The van der Waals surface area contributed by atoms with Crippen molar-refractivity contribution >= 4 is 12.0 Å². The van der Waals surface area contributed by atoms with Crippen LogP contribution in [0.1, 0.15) is 12.0 Å². The number of carbonyl (C=O) groups is 2. The lowest BCUT2D eigenvalue weighted by Gasteiger charge is -2.14. The molecule has 0 saturated carbocycles. The maximum atomic E-state index is 12.9. The van der Waals surface area contributed by atoms with Crippen LogP contribution in [0.3, 0.4) is 0 Å². The van der Waals surface area contributed by atoms with Crippen LogP contribution in [-0.2, 0) is 11.3 Å². The third-order valence-electron chi connectivity index (χ3n) is 2.36. The first-order chi connectivity index (χ1) is 9.02. The summed E-state index contributed by atoms with van der Waals surface area (Å²) in [7, 11) is 0. The number of halogens is 1. The number of carbonyl (C=O) groups excluding carboxylic acids is 1. The number of urea groups is 1. The van der Waals surface area contributed by atoms with Crippen LogP contribution in [0.25, 0.3) is 0 Å². The van der Waals surface area contributed by atoms with Gasteiger partial charge < -0.3 is 20.8 Å². The molecule has 0 bridgehead atoms. The van der Waals surface area contributed by atoms with E-state index in [4.69, 9.17) is 10.2 Å². The minimum absolute atomic E-state index is 0.0784. The van der Waals surface area contributed by atoms with Crippen molar-refractivity contribution in [2.45, 2.75) is 19.0 Å². The summed E-state index contributed by atoms with van der Waals surface area (Å²) in [6.45, 7) is -0.268.